The summed E-state index contributed by atoms with van der Waals surface area (Å²) in [6.07, 6.45) is 6.72. The van der Waals surface area contributed by atoms with Crippen LogP contribution in [0.4, 0.5) is 5.69 Å². The van der Waals surface area contributed by atoms with Gasteiger partial charge in [-0.05, 0) is 36.6 Å². The van der Waals surface area contributed by atoms with Crippen LogP contribution in [0.3, 0.4) is 0 Å². The van der Waals surface area contributed by atoms with Gasteiger partial charge >= 0.3 is 0 Å². The lowest BCUT2D eigenvalue weighted by Crippen LogP contribution is -2.07. The lowest BCUT2D eigenvalue weighted by Gasteiger charge is -2.11. The predicted octanol–water partition coefficient (Wildman–Crippen LogP) is 3.47. The monoisotopic (exact) mass is 281 g/mol. The van der Waals surface area contributed by atoms with Crippen LogP contribution in [-0.2, 0) is 9.84 Å². The highest BCUT2D eigenvalue weighted by molar-refractivity contribution is 7.91. The first-order valence-electron chi connectivity index (χ1n) is 7.18. The highest BCUT2D eigenvalue weighted by Gasteiger charge is 2.14. The Bertz CT molecular complexity index is 487. The van der Waals surface area contributed by atoms with Gasteiger partial charge in [-0.15, -0.1) is 0 Å². The number of hydrogen-bond donors (Lipinski definition) is 1. The van der Waals surface area contributed by atoms with Crippen molar-refractivity contribution >= 4 is 15.5 Å². The van der Waals surface area contributed by atoms with Crippen molar-refractivity contribution in [3.05, 3.63) is 24.3 Å². The zero-order chi connectivity index (χ0) is 13.7. The van der Waals surface area contributed by atoms with E-state index < -0.39 is 9.84 Å². The third-order valence-electron chi connectivity index (χ3n) is 3.95. The fourth-order valence-electron chi connectivity index (χ4n) is 2.67. The van der Waals surface area contributed by atoms with Gasteiger partial charge in [0.25, 0.3) is 0 Å². The van der Waals surface area contributed by atoms with Gasteiger partial charge in [-0.1, -0.05) is 32.6 Å². The molecule has 1 saturated carbocycles. The molecule has 1 aromatic rings. The maximum absolute atomic E-state index is 11.7. The average Bonchev–Trinajstić information content (AvgIpc) is 2.92. The van der Waals surface area contributed by atoms with Gasteiger partial charge in [0.2, 0.25) is 0 Å². The first-order valence-corrected chi connectivity index (χ1v) is 8.84. The molecule has 0 heterocycles. The minimum absolute atomic E-state index is 0.154. The molecule has 1 fully saturated rings. The molecule has 1 aromatic carbocycles. The van der Waals surface area contributed by atoms with Crippen LogP contribution in [0, 0.1) is 5.92 Å². The smallest absolute Gasteiger partial charge is 0.178 e. The second-order valence-electron chi connectivity index (χ2n) is 5.29. The van der Waals surface area contributed by atoms with Gasteiger partial charge in [-0.3, -0.25) is 0 Å². The van der Waals surface area contributed by atoms with E-state index in [4.69, 9.17) is 0 Å². The number of hydrogen-bond acceptors (Lipinski definition) is 3. The molecule has 1 aliphatic rings. The van der Waals surface area contributed by atoms with Crippen molar-refractivity contribution in [1.29, 1.82) is 0 Å². The lowest BCUT2D eigenvalue weighted by molar-refractivity contribution is 0.518. The summed E-state index contributed by atoms with van der Waals surface area (Å²) in [5.41, 5.74) is 1.01. The molecule has 3 nitrogen and oxygen atoms in total. The molecular formula is C15H23NO2S. The Hall–Kier alpha value is -1.03. The molecule has 0 saturated heterocycles. The Balaban J connectivity index is 1.85. The quantitative estimate of drug-likeness (QED) is 0.868. The van der Waals surface area contributed by atoms with Gasteiger partial charge in [0.15, 0.2) is 9.84 Å². The zero-order valence-corrected chi connectivity index (χ0v) is 12.4. The van der Waals surface area contributed by atoms with E-state index in [2.05, 4.69) is 5.32 Å². The molecule has 0 bridgehead atoms. The van der Waals surface area contributed by atoms with Crippen molar-refractivity contribution < 1.29 is 8.42 Å². The second-order valence-corrected chi connectivity index (χ2v) is 7.57. The Morgan fingerprint density at radius 1 is 1.16 bits per heavy atom. The van der Waals surface area contributed by atoms with Crippen molar-refractivity contribution in [3.8, 4) is 0 Å². The molecule has 1 aliphatic carbocycles. The van der Waals surface area contributed by atoms with Gasteiger partial charge in [0.05, 0.1) is 10.6 Å². The molecule has 4 heteroatoms. The Morgan fingerprint density at radius 3 is 2.37 bits per heavy atom. The minimum Gasteiger partial charge on any atom is -0.385 e. The van der Waals surface area contributed by atoms with Crippen LogP contribution in [0.25, 0.3) is 0 Å². The highest BCUT2D eigenvalue weighted by atomic mass is 32.2. The van der Waals surface area contributed by atoms with Crippen LogP contribution < -0.4 is 5.32 Å². The largest absolute Gasteiger partial charge is 0.385 e. The number of rotatable bonds is 6. The van der Waals surface area contributed by atoms with E-state index in [-0.39, 0.29) is 5.75 Å². The van der Waals surface area contributed by atoms with E-state index in [9.17, 15) is 8.42 Å². The van der Waals surface area contributed by atoms with Crippen molar-refractivity contribution in [2.45, 2.75) is 43.9 Å². The van der Waals surface area contributed by atoms with Crippen LogP contribution >= 0.6 is 0 Å². The highest BCUT2D eigenvalue weighted by Crippen LogP contribution is 2.27. The Kier molecular flexibility index (Phi) is 4.86. The third-order valence-corrected chi connectivity index (χ3v) is 5.70. The molecule has 1 N–H and O–H groups in total. The summed E-state index contributed by atoms with van der Waals surface area (Å²) in [6, 6.07) is 7.10. The molecule has 0 atom stereocenters. The normalized spacial score (nSPS) is 16.7. The van der Waals surface area contributed by atoms with E-state index in [0.717, 1.165) is 18.2 Å². The third kappa shape index (κ3) is 3.96. The van der Waals surface area contributed by atoms with Crippen LogP contribution in [0.5, 0.6) is 0 Å². The molecule has 106 valence electrons. The topological polar surface area (TPSA) is 46.2 Å². The molecule has 2 rings (SSSR count). The first-order chi connectivity index (χ1) is 9.12. The van der Waals surface area contributed by atoms with E-state index in [0.29, 0.717) is 4.90 Å². The van der Waals surface area contributed by atoms with E-state index in [1.165, 1.54) is 32.1 Å². The van der Waals surface area contributed by atoms with E-state index in [1.807, 2.05) is 12.1 Å². The molecule has 0 radical (unpaired) electrons. The molecule has 0 spiro atoms. The maximum atomic E-state index is 11.7. The van der Waals surface area contributed by atoms with Crippen LogP contribution in [0.15, 0.2) is 29.2 Å². The number of sulfone groups is 1. The van der Waals surface area contributed by atoms with Crippen LogP contribution in [-0.4, -0.2) is 20.7 Å². The molecule has 0 aliphatic heterocycles. The second kappa shape index (κ2) is 6.42. The summed E-state index contributed by atoms with van der Waals surface area (Å²) in [5, 5.41) is 3.37. The lowest BCUT2D eigenvalue weighted by atomic mass is 10.0. The molecular weight excluding hydrogens is 258 g/mol. The summed E-state index contributed by atoms with van der Waals surface area (Å²) >= 11 is 0. The Labute approximate surface area is 116 Å². The molecule has 0 aromatic heterocycles. The number of benzene rings is 1. The standard InChI is InChI=1S/C15H23NO2S/c1-2-19(17,18)15-9-7-14(8-10-15)16-12-11-13-5-3-4-6-13/h7-10,13,16H,2-6,11-12H2,1H3. The molecule has 0 amide bonds. The summed E-state index contributed by atoms with van der Waals surface area (Å²) in [6.45, 7) is 2.65. The summed E-state index contributed by atoms with van der Waals surface area (Å²) < 4.78 is 23.4. The van der Waals surface area contributed by atoms with Gasteiger partial charge in [0.1, 0.15) is 0 Å². The van der Waals surface area contributed by atoms with Crippen molar-refractivity contribution in [1.82, 2.24) is 0 Å². The fraction of sp³-hybridized carbons (Fsp3) is 0.600. The van der Waals surface area contributed by atoms with E-state index in [1.54, 1.807) is 19.1 Å². The van der Waals surface area contributed by atoms with Crippen LogP contribution in [0.2, 0.25) is 0 Å². The zero-order valence-electron chi connectivity index (χ0n) is 11.6. The van der Waals surface area contributed by atoms with Gasteiger partial charge < -0.3 is 5.32 Å². The van der Waals surface area contributed by atoms with E-state index >= 15 is 0 Å². The van der Waals surface area contributed by atoms with Gasteiger partial charge in [-0.25, -0.2) is 8.42 Å². The van der Waals surface area contributed by atoms with Gasteiger partial charge in [-0.2, -0.15) is 0 Å². The van der Waals surface area contributed by atoms with Crippen molar-refractivity contribution in [2.24, 2.45) is 5.92 Å². The fourth-order valence-corrected chi connectivity index (χ4v) is 3.55. The first kappa shape index (κ1) is 14.4. The number of anilines is 1. The summed E-state index contributed by atoms with van der Waals surface area (Å²) in [5.74, 6) is 1.04. The van der Waals surface area contributed by atoms with Crippen molar-refractivity contribution in [3.63, 3.8) is 0 Å². The average molecular weight is 281 g/mol. The van der Waals surface area contributed by atoms with Gasteiger partial charge in [0, 0.05) is 12.2 Å². The summed E-state index contributed by atoms with van der Waals surface area (Å²) in [4.78, 5) is 0.413. The summed E-state index contributed by atoms with van der Waals surface area (Å²) in [7, 11) is -3.08. The SMILES string of the molecule is CCS(=O)(=O)c1ccc(NCCC2CCCC2)cc1. The molecule has 19 heavy (non-hydrogen) atoms. The van der Waals surface area contributed by atoms with Crippen LogP contribution in [0.1, 0.15) is 39.0 Å². The van der Waals surface area contributed by atoms with Crippen molar-refractivity contribution in [2.75, 3.05) is 17.6 Å². The molecule has 0 unspecified atom stereocenters. The maximum Gasteiger partial charge on any atom is 0.178 e. The predicted molar refractivity (Wildman–Crippen MR) is 79.2 cm³/mol. The Morgan fingerprint density at radius 2 is 1.79 bits per heavy atom. The minimum atomic E-state index is -3.08. The number of nitrogens with one attached hydrogen (secondary N) is 1.